The number of nitrogens with zero attached hydrogens (tertiary/aromatic N) is 1. The third kappa shape index (κ3) is 2.84. The second-order valence-corrected chi connectivity index (χ2v) is 5.97. The average Bonchev–Trinajstić information content (AvgIpc) is 2.44. The molecule has 2 aromatic rings. The Balaban J connectivity index is 2.72. The molecule has 0 unspecified atom stereocenters. The third-order valence-corrected chi connectivity index (χ3v) is 3.45. The van der Waals surface area contributed by atoms with Crippen LogP contribution >= 0.6 is 0 Å². The van der Waals surface area contributed by atoms with Crippen LogP contribution in [-0.2, 0) is 10.2 Å². The van der Waals surface area contributed by atoms with Gasteiger partial charge in [0.15, 0.2) is 0 Å². The fraction of sp³-hybridized carbons (Fsp3) is 0.412. The maximum absolute atomic E-state index is 12.0. The molecule has 0 fully saturated rings. The summed E-state index contributed by atoms with van der Waals surface area (Å²) in [6.45, 7) is 8.61. The molecule has 0 atom stereocenters. The monoisotopic (exact) mass is 286 g/mol. The van der Waals surface area contributed by atoms with E-state index in [0.717, 1.165) is 22.2 Å². The first-order valence-corrected chi connectivity index (χ1v) is 7.17. The average molecular weight is 286 g/mol. The molecule has 0 aliphatic carbocycles. The van der Waals surface area contributed by atoms with Gasteiger partial charge in [-0.15, -0.1) is 0 Å². The Hall–Kier alpha value is -2.10. The molecule has 0 radical (unpaired) electrons. The maximum Gasteiger partial charge on any atom is 0.341 e. The second-order valence-electron chi connectivity index (χ2n) is 5.97. The Morgan fingerprint density at radius 2 is 2.05 bits per heavy atom. The number of aromatic nitrogens is 1. The van der Waals surface area contributed by atoms with Crippen molar-refractivity contribution >= 4 is 22.6 Å². The highest BCUT2D eigenvalue weighted by Crippen LogP contribution is 2.33. The van der Waals surface area contributed by atoms with E-state index in [-0.39, 0.29) is 11.4 Å². The number of anilines is 1. The van der Waals surface area contributed by atoms with E-state index in [1.54, 1.807) is 20.2 Å². The van der Waals surface area contributed by atoms with E-state index in [4.69, 9.17) is 4.74 Å². The number of rotatable bonds is 3. The minimum absolute atomic E-state index is 0.0109. The number of ether oxygens (including phenoxy) is 1. The molecule has 1 aromatic heterocycles. The summed E-state index contributed by atoms with van der Waals surface area (Å²) in [7, 11) is 1.81. The smallest absolute Gasteiger partial charge is 0.341 e. The van der Waals surface area contributed by atoms with Gasteiger partial charge < -0.3 is 10.1 Å². The molecule has 4 nitrogen and oxygen atoms in total. The van der Waals surface area contributed by atoms with E-state index in [1.807, 2.05) is 12.1 Å². The zero-order valence-electron chi connectivity index (χ0n) is 13.3. The minimum Gasteiger partial charge on any atom is -0.462 e. The Labute approximate surface area is 125 Å². The first kappa shape index (κ1) is 15.3. The van der Waals surface area contributed by atoms with Crippen molar-refractivity contribution in [2.24, 2.45) is 0 Å². The molecule has 0 aliphatic rings. The minimum atomic E-state index is -0.350. The zero-order valence-corrected chi connectivity index (χ0v) is 13.3. The highest BCUT2D eigenvalue weighted by Gasteiger charge is 2.21. The summed E-state index contributed by atoms with van der Waals surface area (Å²) in [4.78, 5) is 16.6. The Morgan fingerprint density at radius 1 is 1.33 bits per heavy atom. The summed E-state index contributed by atoms with van der Waals surface area (Å²) in [5.74, 6) is -0.350. The van der Waals surface area contributed by atoms with Gasteiger partial charge in [0.2, 0.25) is 0 Å². The van der Waals surface area contributed by atoms with Crippen LogP contribution in [0.4, 0.5) is 5.69 Å². The van der Waals surface area contributed by atoms with Crippen LogP contribution in [0.2, 0.25) is 0 Å². The molecule has 0 saturated heterocycles. The number of esters is 1. The summed E-state index contributed by atoms with van der Waals surface area (Å²) in [5, 5.41) is 4.06. The van der Waals surface area contributed by atoms with Crippen molar-refractivity contribution in [3.63, 3.8) is 0 Å². The van der Waals surface area contributed by atoms with Gasteiger partial charge in [-0.25, -0.2) is 4.79 Å². The van der Waals surface area contributed by atoms with Crippen molar-refractivity contribution in [1.82, 2.24) is 4.98 Å². The van der Waals surface area contributed by atoms with E-state index in [2.05, 4.69) is 37.1 Å². The predicted molar refractivity (Wildman–Crippen MR) is 85.9 cm³/mol. The molecule has 0 spiro atoms. The standard InChI is InChI=1S/C17H22N2O2/c1-6-21-16(20)12-10-19-15-11(14(12)18-5)8-7-9-13(15)17(2,3)4/h7-10H,6H2,1-5H3,(H,18,19). The lowest BCUT2D eigenvalue weighted by atomic mass is 9.85. The summed E-state index contributed by atoms with van der Waals surface area (Å²) in [5.41, 5.74) is 3.31. The molecule has 1 aromatic carbocycles. The molecule has 0 aliphatic heterocycles. The van der Waals surface area contributed by atoms with Crippen molar-refractivity contribution < 1.29 is 9.53 Å². The number of pyridine rings is 1. The highest BCUT2D eigenvalue weighted by molar-refractivity contribution is 6.05. The van der Waals surface area contributed by atoms with Gasteiger partial charge in [-0.3, -0.25) is 4.98 Å². The van der Waals surface area contributed by atoms with Crippen LogP contribution in [-0.4, -0.2) is 24.6 Å². The molecule has 4 heteroatoms. The van der Waals surface area contributed by atoms with Gasteiger partial charge in [0, 0.05) is 18.6 Å². The summed E-state index contributed by atoms with van der Waals surface area (Å²) < 4.78 is 5.10. The van der Waals surface area contributed by atoms with Crippen LogP contribution in [0.1, 0.15) is 43.6 Å². The van der Waals surface area contributed by atoms with Crippen LogP contribution < -0.4 is 5.32 Å². The molecular formula is C17H22N2O2. The second kappa shape index (κ2) is 5.72. The largest absolute Gasteiger partial charge is 0.462 e. The van der Waals surface area contributed by atoms with Gasteiger partial charge in [-0.1, -0.05) is 39.0 Å². The Bertz CT molecular complexity index is 672. The van der Waals surface area contributed by atoms with Gasteiger partial charge in [0.05, 0.1) is 17.8 Å². The van der Waals surface area contributed by atoms with Crippen molar-refractivity contribution in [2.45, 2.75) is 33.1 Å². The zero-order chi connectivity index (χ0) is 15.6. The SMILES string of the molecule is CCOC(=O)c1cnc2c(C(C)(C)C)cccc2c1NC. The van der Waals surface area contributed by atoms with Gasteiger partial charge in [0.25, 0.3) is 0 Å². The highest BCUT2D eigenvalue weighted by atomic mass is 16.5. The number of nitrogens with one attached hydrogen (secondary N) is 1. The number of para-hydroxylation sites is 1. The molecule has 2 rings (SSSR count). The van der Waals surface area contributed by atoms with E-state index in [1.165, 1.54) is 0 Å². The third-order valence-electron chi connectivity index (χ3n) is 3.45. The molecular weight excluding hydrogens is 264 g/mol. The van der Waals surface area contributed by atoms with Crippen LogP contribution in [0.5, 0.6) is 0 Å². The first-order valence-electron chi connectivity index (χ1n) is 7.17. The molecule has 0 bridgehead atoms. The molecule has 21 heavy (non-hydrogen) atoms. The van der Waals surface area contributed by atoms with E-state index in [9.17, 15) is 4.79 Å². The van der Waals surface area contributed by atoms with Crippen molar-refractivity contribution in [1.29, 1.82) is 0 Å². The van der Waals surface area contributed by atoms with E-state index >= 15 is 0 Å². The number of benzene rings is 1. The van der Waals surface area contributed by atoms with Crippen molar-refractivity contribution in [2.75, 3.05) is 19.0 Å². The van der Waals surface area contributed by atoms with E-state index < -0.39 is 0 Å². The lowest BCUT2D eigenvalue weighted by molar-refractivity contribution is 0.0527. The van der Waals surface area contributed by atoms with Gasteiger partial charge in [0.1, 0.15) is 5.56 Å². The normalized spacial score (nSPS) is 11.5. The van der Waals surface area contributed by atoms with Crippen LogP contribution in [0.25, 0.3) is 10.9 Å². The lowest BCUT2D eigenvalue weighted by Crippen LogP contribution is -2.14. The van der Waals surface area contributed by atoms with Crippen LogP contribution in [0.15, 0.2) is 24.4 Å². The number of carbonyl (C=O) groups is 1. The summed E-state index contributed by atoms with van der Waals surface area (Å²) >= 11 is 0. The molecule has 1 N–H and O–H groups in total. The predicted octanol–water partition coefficient (Wildman–Crippen LogP) is 3.75. The van der Waals surface area contributed by atoms with Gasteiger partial charge >= 0.3 is 5.97 Å². The Morgan fingerprint density at radius 3 is 2.62 bits per heavy atom. The van der Waals surface area contributed by atoms with Crippen molar-refractivity contribution in [3.8, 4) is 0 Å². The topological polar surface area (TPSA) is 51.2 Å². The van der Waals surface area contributed by atoms with Crippen LogP contribution in [0, 0.1) is 0 Å². The van der Waals surface area contributed by atoms with Gasteiger partial charge in [-0.05, 0) is 17.9 Å². The van der Waals surface area contributed by atoms with Gasteiger partial charge in [-0.2, -0.15) is 0 Å². The quantitative estimate of drug-likeness (QED) is 0.873. The fourth-order valence-corrected chi connectivity index (χ4v) is 2.46. The van der Waals surface area contributed by atoms with E-state index in [0.29, 0.717) is 12.2 Å². The fourth-order valence-electron chi connectivity index (χ4n) is 2.46. The molecule has 112 valence electrons. The molecule has 0 saturated carbocycles. The maximum atomic E-state index is 12.0. The molecule has 1 heterocycles. The Kier molecular flexibility index (Phi) is 4.16. The lowest BCUT2D eigenvalue weighted by Gasteiger charge is -2.22. The molecule has 0 amide bonds. The summed E-state index contributed by atoms with van der Waals surface area (Å²) in [6.07, 6.45) is 1.60. The number of hydrogen-bond acceptors (Lipinski definition) is 4. The van der Waals surface area contributed by atoms with Crippen LogP contribution in [0.3, 0.4) is 0 Å². The first-order chi connectivity index (χ1) is 9.90. The number of fused-ring (bicyclic) bond motifs is 1. The number of carbonyl (C=O) groups excluding carboxylic acids is 1. The van der Waals surface area contributed by atoms with Crippen molar-refractivity contribution in [3.05, 3.63) is 35.5 Å². The summed E-state index contributed by atoms with van der Waals surface area (Å²) in [6, 6.07) is 6.06. The number of hydrogen-bond donors (Lipinski definition) is 1.